The van der Waals surface area contributed by atoms with Gasteiger partial charge in [-0.3, -0.25) is 19.5 Å². The predicted octanol–water partition coefficient (Wildman–Crippen LogP) is 3.09. The van der Waals surface area contributed by atoms with E-state index in [1.54, 1.807) is 7.05 Å². The molecule has 1 aliphatic heterocycles. The number of rotatable bonds is 9. The second-order valence-electron chi connectivity index (χ2n) is 9.21. The lowest BCUT2D eigenvalue weighted by Crippen LogP contribution is -2.39. The summed E-state index contributed by atoms with van der Waals surface area (Å²) >= 11 is 0. The number of hydrogen-bond donors (Lipinski definition) is 2. The smallest absolute Gasteiger partial charge is 0.233 e. The number of imide groups is 1. The minimum Gasteiger partial charge on any atom is -0.374 e. The van der Waals surface area contributed by atoms with Crippen molar-refractivity contribution in [1.29, 1.82) is 0 Å². The first kappa shape index (κ1) is 25.7. The second-order valence-corrected chi connectivity index (χ2v) is 9.21. The zero-order valence-corrected chi connectivity index (χ0v) is 22.0. The van der Waals surface area contributed by atoms with Crippen LogP contribution in [0.3, 0.4) is 0 Å². The Balaban J connectivity index is 0.00000306. The van der Waals surface area contributed by atoms with E-state index in [1.165, 1.54) is 4.90 Å². The number of nitrogens with one attached hydrogen (secondary N) is 2. The Morgan fingerprint density at radius 2 is 1.79 bits per heavy atom. The van der Waals surface area contributed by atoms with Crippen LogP contribution >= 0.6 is 24.0 Å². The standard InChI is InChI=1S/C25H34N4O3.HI/c1-16(2)32-15-18-7-4-6-17(12-18)14-28-25(26-3)27-10-5-11-29-23(30)21-19-8-9-20(13-19)22(21)24(29)31;/h4,6-9,12,16,19-22H,5,10-11,13-15H2,1-3H3,(H2,26,27,28);1H. The molecular formula is C25H35IN4O3. The summed E-state index contributed by atoms with van der Waals surface area (Å²) < 4.78 is 5.68. The Hall–Kier alpha value is -1.94. The average molecular weight is 566 g/mol. The second kappa shape index (κ2) is 11.5. The first-order chi connectivity index (χ1) is 15.5. The molecule has 33 heavy (non-hydrogen) atoms. The minimum absolute atomic E-state index is 0. The van der Waals surface area contributed by atoms with Crippen LogP contribution in [0.2, 0.25) is 0 Å². The van der Waals surface area contributed by atoms with E-state index < -0.39 is 0 Å². The monoisotopic (exact) mass is 566 g/mol. The molecular weight excluding hydrogens is 531 g/mol. The highest BCUT2D eigenvalue weighted by atomic mass is 127. The Labute approximate surface area is 213 Å². The maximum absolute atomic E-state index is 12.7. The van der Waals surface area contributed by atoms with Crippen LogP contribution in [0.25, 0.3) is 0 Å². The molecule has 0 radical (unpaired) electrons. The van der Waals surface area contributed by atoms with Gasteiger partial charge < -0.3 is 15.4 Å². The fraction of sp³-hybridized carbons (Fsp3) is 0.560. The highest BCUT2D eigenvalue weighted by molar-refractivity contribution is 14.0. The maximum atomic E-state index is 12.7. The predicted molar refractivity (Wildman–Crippen MR) is 139 cm³/mol. The average Bonchev–Trinajstić information content (AvgIpc) is 3.47. The number of fused-ring (bicyclic) bond motifs is 5. The van der Waals surface area contributed by atoms with Gasteiger partial charge in [-0.25, -0.2) is 0 Å². The van der Waals surface area contributed by atoms with Crippen LogP contribution in [-0.2, 0) is 27.5 Å². The van der Waals surface area contributed by atoms with Gasteiger partial charge in [-0.15, -0.1) is 24.0 Å². The summed E-state index contributed by atoms with van der Waals surface area (Å²) in [4.78, 5) is 31.3. The molecule has 2 N–H and O–H groups in total. The van der Waals surface area contributed by atoms with Crippen molar-refractivity contribution >= 4 is 41.8 Å². The topological polar surface area (TPSA) is 83.0 Å². The van der Waals surface area contributed by atoms with Gasteiger partial charge in [-0.05, 0) is 49.7 Å². The summed E-state index contributed by atoms with van der Waals surface area (Å²) in [7, 11) is 1.74. The van der Waals surface area contributed by atoms with Gasteiger partial charge in [0.2, 0.25) is 11.8 Å². The van der Waals surface area contributed by atoms with Crippen LogP contribution in [0.4, 0.5) is 0 Å². The van der Waals surface area contributed by atoms with Gasteiger partial charge >= 0.3 is 0 Å². The molecule has 1 aromatic carbocycles. The van der Waals surface area contributed by atoms with E-state index in [1.807, 2.05) is 19.9 Å². The third kappa shape index (κ3) is 5.77. The van der Waals surface area contributed by atoms with Crippen molar-refractivity contribution in [3.8, 4) is 0 Å². The van der Waals surface area contributed by atoms with Crippen LogP contribution in [-0.4, -0.2) is 48.9 Å². The third-order valence-corrected chi connectivity index (χ3v) is 6.67. The number of carbonyl (C=O) groups excluding carboxylic acids is 2. The van der Waals surface area contributed by atoms with Crippen molar-refractivity contribution in [1.82, 2.24) is 15.5 Å². The lowest BCUT2D eigenvalue weighted by atomic mass is 9.85. The molecule has 4 unspecified atom stereocenters. The van der Waals surface area contributed by atoms with E-state index in [9.17, 15) is 9.59 Å². The van der Waals surface area contributed by atoms with Crippen molar-refractivity contribution in [3.05, 3.63) is 47.5 Å². The van der Waals surface area contributed by atoms with Crippen molar-refractivity contribution < 1.29 is 14.3 Å². The van der Waals surface area contributed by atoms with Crippen LogP contribution in [0.15, 0.2) is 41.4 Å². The molecule has 1 heterocycles. The summed E-state index contributed by atoms with van der Waals surface area (Å²) in [5.74, 6) is 1.07. The number of hydrogen-bond acceptors (Lipinski definition) is 4. The van der Waals surface area contributed by atoms with E-state index in [4.69, 9.17) is 4.74 Å². The number of aliphatic imine (C=N–C) groups is 1. The van der Waals surface area contributed by atoms with Crippen LogP contribution < -0.4 is 10.6 Å². The fourth-order valence-electron chi connectivity index (χ4n) is 5.13. The molecule has 3 aliphatic rings. The van der Waals surface area contributed by atoms with Crippen LogP contribution in [0.1, 0.15) is 37.8 Å². The number of likely N-dealkylation sites (tertiary alicyclic amines) is 1. The lowest BCUT2D eigenvalue weighted by Gasteiger charge is -2.18. The van der Waals surface area contributed by atoms with E-state index in [0.717, 1.165) is 17.5 Å². The molecule has 2 aliphatic carbocycles. The normalized spacial score (nSPS) is 25.6. The maximum Gasteiger partial charge on any atom is 0.233 e. The molecule has 2 fully saturated rings. The lowest BCUT2D eigenvalue weighted by molar-refractivity contribution is -0.140. The molecule has 180 valence electrons. The zero-order chi connectivity index (χ0) is 22.7. The SMILES string of the molecule is CN=C(NCCCN1C(=O)C2C3C=CC(C3)C2C1=O)NCc1cccc(COC(C)C)c1.I. The first-order valence-corrected chi connectivity index (χ1v) is 11.7. The Bertz CT molecular complexity index is 887. The molecule has 1 aromatic rings. The summed E-state index contributed by atoms with van der Waals surface area (Å²) in [6.45, 7) is 6.42. The summed E-state index contributed by atoms with van der Waals surface area (Å²) in [5.41, 5.74) is 2.30. The van der Waals surface area contributed by atoms with Crippen molar-refractivity contribution in [3.63, 3.8) is 0 Å². The summed E-state index contributed by atoms with van der Waals surface area (Å²) in [5, 5.41) is 6.60. The Kier molecular flexibility index (Phi) is 8.92. The van der Waals surface area contributed by atoms with Gasteiger partial charge in [0.25, 0.3) is 0 Å². The van der Waals surface area contributed by atoms with Gasteiger partial charge in [0.05, 0.1) is 24.5 Å². The molecule has 0 aromatic heterocycles. The zero-order valence-electron chi connectivity index (χ0n) is 19.6. The van der Waals surface area contributed by atoms with E-state index in [0.29, 0.717) is 38.6 Å². The van der Waals surface area contributed by atoms with E-state index in [2.05, 4.69) is 46.0 Å². The highest BCUT2D eigenvalue weighted by Gasteiger charge is 2.58. The van der Waals surface area contributed by atoms with Gasteiger partial charge in [-0.2, -0.15) is 0 Å². The fourth-order valence-corrected chi connectivity index (χ4v) is 5.13. The molecule has 2 bridgehead atoms. The molecule has 2 amide bonds. The quantitative estimate of drug-likeness (QED) is 0.120. The number of amides is 2. The van der Waals surface area contributed by atoms with Gasteiger partial charge in [0, 0.05) is 26.7 Å². The van der Waals surface area contributed by atoms with Gasteiger partial charge in [0.1, 0.15) is 0 Å². The molecule has 7 nitrogen and oxygen atoms in total. The number of allylic oxidation sites excluding steroid dienone is 2. The van der Waals surface area contributed by atoms with Crippen molar-refractivity contribution in [2.24, 2.45) is 28.7 Å². The molecule has 0 spiro atoms. The number of ether oxygens (including phenoxy) is 1. The van der Waals surface area contributed by atoms with Gasteiger partial charge in [0.15, 0.2) is 5.96 Å². The van der Waals surface area contributed by atoms with Crippen LogP contribution in [0, 0.1) is 23.7 Å². The largest absolute Gasteiger partial charge is 0.374 e. The Morgan fingerprint density at radius 3 is 2.42 bits per heavy atom. The number of guanidine groups is 1. The molecule has 8 heteroatoms. The van der Waals surface area contributed by atoms with Gasteiger partial charge in [-0.1, -0.05) is 36.4 Å². The highest BCUT2D eigenvalue weighted by Crippen LogP contribution is 2.52. The number of carbonyl (C=O) groups is 2. The molecule has 4 rings (SSSR count). The molecule has 1 saturated heterocycles. The third-order valence-electron chi connectivity index (χ3n) is 6.67. The molecule has 1 saturated carbocycles. The summed E-state index contributed by atoms with van der Waals surface area (Å²) in [6, 6.07) is 8.30. The Morgan fingerprint density at radius 1 is 1.12 bits per heavy atom. The summed E-state index contributed by atoms with van der Waals surface area (Å²) in [6.07, 6.45) is 6.13. The van der Waals surface area contributed by atoms with Crippen molar-refractivity contribution in [2.45, 2.75) is 45.9 Å². The number of halogens is 1. The van der Waals surface area contributed by atoms with E-state index >= 15 is 0 Å². The number of nitrogens with zero attached hydrogens (tertiary/aromatic N) is 2. The van der Waals surface area contributed by atoms with Crippen LogP contribution in [0.5, 0.6) is 0 Å². The van der Waals surface area contributed by atoms with Crippen molar-refractivity contribution in [2.75, 3.05) is 20.1 Å². The minimum atomic E-state index is -0.110. The first-order valence-electron chi connectivity index (χ1n) is 11.7. The molecule has 4 atom stereocenters. The van der Waals surface area contributed by atoms with E-state index in [-0.39, 0.29) is 65.6 Å². The number of benzene rings is 1.